The van der Waals surface area contributed by atoms with Crippen LogP contribution in [0.5, 0.6) is 0 Å². The van der Waals surface area contributed by atoms with Gasteiger partial charge < -0.3 is 10.1 Å². The third-order valence-electron chi connectivity index (χ3n) is 4.27. The highest BCUT2D eigenvalue weighted by Gasteiger charge is 2.23. The van der Waals surface area contributed by atoms with Gasteiger partial charge in [-0.3, -0.25) is 4.90 Å². The first-order valence-electron chi connectivity index (χ1n) is 7.38. The van der Waals surface area contributed by atoms with Crippen molar-refractivity contribution in [2.45, 2.75) is 64.1 Å². The summed E-state index contributed by atoms with van der Waals surface area (Å²) in [4.78, 5) is 2.65. The first kappa shape index (κ1) is 13.3. The molecule has 3 heteroatoms. The summed E-state index contributed by atoms with van der Waals surface area (Å²) in [6, 6.07) is 1.40. The van der Waals surface area contributed by atoms with Gasteiger partial charge in [0.25, 0.3) is 0 Å². The molecule has 3 nitrogen and oxygen atoms in total. The Morgan fingerprint density at radius 1 is 1.41 bits per heavy atom. The summed E-state index contributed by atoms with van der Waals surface area (Å²) in [5.74, 6) is 0. The van der Waals surface area contributed by atoms with Crippen LogP contribution in [0.1, 0.15) is 46.0 Å². The SMILES string of the molecule is CCC1CN(CCCC2CCCO2)C(C)CN1. The van der Waals surface area contributed by atoms with Crippen LogP contribution >= 0.6 is 0 Å². The lowest BCUT2D eigenvalue weighted by molar-refractivity contribution is 0.0900. The van der Waals surface area contributed by atoms with Crippen molar-refractivity contribution in [1.29, 1.82) is 0 Å². The van der Waals surface area contributed by atoms with E-state index in [9.17, 15) is 0 Å². The molecule has 2 saturated heterocycles. The maximum absolute atomic E-state index is 5.68. The third-order valence-corrected chi connectivity index (χ3v) is 4.27. The number of piperazine rings is 1. The first-order valence-corrected chi connectivity index (χ1v) is 7.38. The zero-order valence-corrected chi connectivity index (χ0v) is 11.5. The standard InChI is InChI=1S/C14H28N2O/c1-3-13-11-16(12(2)10-15-13)8-4-6-14-7-5-9-17-14/h12-15H,3-11H2,1-2H3. The van der Waals surface area contributed by atoms with Crippen molar-refractivity contribution >= 4 is 0 Å². The fourth-order valence-electron chi connectivity index (χ4n) is 2.97. The van der Waals surface area contributed by atoms with Gasteiger partial charge in [0.05, 0.1) is 6.10 Å². The maximum atomic E-state index is 5.68. The molecule has 0 radical (unpaired) electrons. The summed E-state index contributed by atoms with van der Waals surface area (Å²) in [6.45, 7) is 9.23. The molecule has 0 amide bonds. The smallest absolute Gasteiger partial charge is 0.0576 e. The number of nitrogens with one attached hydrogen (secondary N) is 1. The average Bonchev–Trinajstić information content (AvgIpc) is 2.84. The van der Waals surface area contributed by atoms with E-state index < -0.39 is 0 Å². The Balaban J connectivity index is 1.65. The van der Waals surface area contributed by atoms with Gasteiger partial charge in [0, 0.05) is 31.8 Å². The molecule has 0 aromatic heterocycles. The summed E-state index contributed by atoms with van der Waals surface area (Å²) in [5, 5.41) is 3.61. The number of hydrogen-bond donors (Lipinski definition) is 1. The van der Waals surface area contributed by atoms with Crippen LogP contribution in [0.25, 0.3) is 0 Å². The lowest BCUT2D eigenvalue weighted by atomic mass is 10.1. The molecule has 1 N–H and O–H groups in total. The largest absolute Gasteiger partial charge is 0.378 e. The number of hydrogen-bond acceptors (Lipinski definition) is 3. The Morgan fingerprint density at radius 3 is 3.00 bits per heavy atom. The van der Waals surface area contributed by atoms with Crippen LogP contribution in [0.4, 0.5) is 0 Å². The molecule has 2 rings (SSSR count). The van der Waals surface area contributed by atoms with E-state index in [1.165, 1.54) is 45.2 Å². The van der Waals surface area contributed by atoms with E-state index in [-0.39, 0.29) is 0 Å². The average molecular weight is 240 g/mol. The Labute approximate surface area is 106 Å². The van der Waals surface area contributed by atoms with Crippen LogP contribution in [-0.4, -0.2) is 49.3 Å². The Hall–Kier alpha value is -0.120. The molecule has 2 fully saturated rings. The maximum Gasteiger partial charge on any atom is 0.0576 e. The molecule has 3 unspecified atom stereocenters. The third kappa shape index (κ3) is 3.94. The molecule has 0 aromatic carbocycles. The van der Waals surface area contributed by atoms with Gasteiger partial charge in [-0.15, -0.1) is 0 Å². The van der Waals surface area contributed by atoms with Crippen LogP contribution in [0.15, 0.2) is 0 Å². The van der Waals surface area contributed by atoms with Crippen molar-refractivity contribution in [1.82, 2.24) is 10.2 Å². The quantitative estimate of drug-likeness (QED) is 0.795. The van der Waals surface area contributed by atoms with Gasteiger partial charge in [-0.25, -0.2) is 0 Å². The second-order valence-corrected chi connectivity index (χ2v) is 5.63. The number of ether oxygens (including phenoxy) is 1. The molecule has 3 atom stereocenters. The molecule has 2 heterocycles. The summed E-state index contributed by atoms with van der Waals surface area (Å²) < 4.78 is 5.68. The molecule has 2 aliphatic heterocycles. The molecular weight excluding hydrogens is 212 g/mol. The predicted octanol–water partition coefficient (Wildman–Crippen LogP) is 2.02. The molecule has 0 aromatic rings. The highest BCUT2D eigenvalue weighted by molar-refractivity contribution is 4.83. The van der Waals surface area contributed by atoms with Gasteiger partial charge in [0.1, 0.15) is 0 Å². The van der Waals surface area contributed by atoms with Crippen LogP contribution in [0.3, 0.4) is 0 Å². The predicted molar refractivity (Wildman–Crippen MR) is 71.3 cm³/mol. The minimum Gasteiger partial charge on any atom is -0.378 e. The Morgan fingerprint density at radius 2 is 2.29 bits per heavy atom. The molecule has 0 aliphatic carbocycles. The minimum absolute atomic E-state index is 0.565. The number of nitrogens with zero attached hydrogens (tertiary/aromatic N) is 1. The second-order valence-electron chi connectivity index (χ2n) is 5.63. The molecule has 17 heavy (non-hydrogen) atoms. The van der Waals surface area contributed by atoms with E-state index in [1.54, 1.807) is 0 Å². The van der Waals surface area contributed by atoms with Crippen molar-refractivity contribution in [2.75, 3.05) is 26.2 Å². The van der Waals surface area contributed by atoms with Gasteiger partial charge in [-0.05, 0) is 45.6 Å². The monoisotopic (exact) mass is 240 g/mol. The Kier molecular flexibility index (Phi) is 5.26. The van der Waals surface area contributed by atoms with Crippen LogP contribution in [0, 0.1) is 0 Å². The second kappa shape index (κ2) is 6.72. The molecule has 2 aliphatic rings. The van der Waals surface area contributed by atoms with Gasteiger partial charge in [-0.1, -0.05) is 6.92 Å². The molecule has 0 saturated carbocycles. The van der Waals surface area contributed by atoms with E-state index in [1.807, 2.05) is 0 Å². The van der Waals surface area contributed by atoms with Crippen LogP contribution in [0.2, 0.25) is 0 Å². The fourth-order valence-corrected chi connectivity index (χ4v) is 2.97. The van der Waals surface area contributed by atoms with Crippen molar-refractivity contribution in [3.63, 3.8) is 0 Å². The first-order chi connectivity index (χ1) is 8.29. The van der Waals surface area contributed by atoms with Crippen LogP contribution < -0.4 is 5.32 Å². The number of rotatable bonds is 5. The lowest BCUT2D eigenvalue weighted by Gasteiger charge is -2.38. The lowest BCUT2D eigenvalue weighted by Crippen LogP contribution is -2.55. The van der Waals surface area contributed by atoms with Gasteiger partial charge >= 0.3 is 0 Å². The molecular formula is C14H28N2O. The zero-order valence-electron chi connectivity index (χ0n) is 11.5. The summed E-state index contributed by atoms with van der Waals surface area (Å²) in [6.07, 6.45) is 6.92. The highest BCUT2D eigenvalue weighted by Crippen LogP contribution is 2.18. The van der Waals surface area contributed by atoms with Gasteiger partial charge in [-0.2, -0.15) is 0 Å². The fraction of sp³-hybridized carbons (Fsp3) is 1.00. The van der Waals surface area contributed by atoms with Crippen molar-refractivity contribution in [3.8, 4) is 0 Å². The topological polar surface area (TPSA) is 24.5 Å². The summed E-state index contributed by atoms with van der Waals surface area (Å²) in [5.41, 5.74) is 0. The van der Waals surface area contributed by atoms with E-state index in [4.69, 9.17) is 4.74 Å². The van der Waals surface area contributed by atoms with Gasteiger partial charge in [0.15, 0.2) is 0 Å². The zero-order chi connectivity index (χ0) is 12.1. The van der Waals surface area contributed by atoms with Crippen molar-refractivity contribution in [2.24, 2.45) is 0 Å². The van der Waals surface area contributed by atoms with Crippen molar-refractivity contribution in [3.05, 3.63) is 0 Å². The van der Waals surface area contributed by atoms with E-state index in [2.05, 4.69) is 24.1 Å². The van der Waals surface area contributed by atoms with Gasteiger partial charge in [0.2, 0.25) is 0 Å². The minimum atomic E-state index is 0.565. The normalized spacial score (nSPS) is 35.3. The van der Waals surface area contributed by atoms with E-state index in [0.717, 1.165) is 13.2 Å². The highest BCUT2D eigenvalue weighted by atomic mass is 16.5. The summed E-state index contributed by atoms with van der Waals surface area (Å²) >= 11 is 0. The molecule has 0 bridgehead atoms. The molecule has 0 spiro atoms. The van der Waals surface area contributed by atoms with Crippen LogP contribution in [-0.2, 0) is 4.74 Å². The van der Waals surface area contributed by atoms with Crippen molar-refractivity contribution < 1.29 is 4.74 Å². The Bertz CT molecular complexity index is 216. The molecule has 100 valence electrons. The van der Waals surface area contributed by atoms with E-state index in [0.29, 0.717) is 18.2 Å². The van der Waals surface area contributed by atoms with E-state index >= 15 is 0 Å². The summed E-state index contributed by atoms with van der Waals surface area (Å²) in [7, 11) is 0.